The minimum atomic E-state index is -2.25. The molecule has 0 saturated carbocycles. The summed E-state index contributed by atoms with van der Waals surface area (Å²) < 4.78 is 24.9. The SMILES string of the molecule is CCNC(=NCCc1sc(C)nc1C)NC1CCN(CC(F)F)CC1. The van der Waals surface area contributed by atoms with E-state index in [1.54, 1.807) is 11.3 Å². The van der Waals surface area contributed by atoms with Crippen molar-refractivity contribution in [2.75, 3.05) is 32.7 Å². The largest absolute Gasteiger partial charge is 0.357 e. The Morgan fingerprint density at radius 1 is 1.36 bits per heavy atom. The van der Waals surface area contributed by atoms with Crippen LogP contribution < -0.4 is 10.6 Å². The minimum absolute atomic E-state index is 0.117. The van der Waals surface area contributed by atoms with Crippen molar-refractivity contribution < 1.29 is 8.78 Å². The summed E-state index contributed by atoms with van der Waals surface area (Å²) in [4.78, 5) is 12.2. The number of thiazole rings is 1. The average molecular weight is 374 g/mol. The van der Waals surface area contributed by atoms with Gasteiger partial charge in [-0.1, -0.05) is 0 Å². The van der Waals surface area contributed by atoms with Crippen LogP contribution in [0.2, 0.25) is 0 Å². The predicted octanol–water partition coefficient (Wildman–Crippen LogP) is 2.59. The summed E-state index contributed by atoms with van der Waals surface area (Å²) in [6.45, 7) is 8.92. The van der Waals surface area contributed by atoms with Crippen LogP contribution in [0, 0.1) is 13.8 Å². The maximum absolute atomic E-state index is 12.4. The standard InChI is InChI=1S/C17H29F2N5S/c1-4-20-17(21-8-5-15-12(2)22-13(3)25-15)23-14-6-9-24(10-7-14)11-16(18)19/h14,16H,4-11H2,1-3H3,(H2,20,21,23). The number of hydrogen-bond donors (Lipinski definition) is 2. The minimum Gasteiger partial charge on any atom is -0.357 e. The van der Waals surface area contributed by atoms with Crippen molar-refractivity contribution in [1.29, 1.82) is 0 Å². The van der Waals surface area contributed by atoms with Gasteiger partial charge >= 0.3 is 0 Å². The molecule has 2 heterocycles. The van der Waals surface area contributed by atoms with Crippen molar-refractivity contribution in [3.8, 4) is 0 Å². The third kappa shape index (κ3) is 6.86. The van der Waals surface area contributed by atoms with Gasteiger partial charge in [0.15, 0.2) is 5.96 Å². The Morgan fingerprint density at radius 2 is 2.08 bits per heavy atom. The maximum atomic E-state index is 12.4. The lowest BCUT2D eigenvalue weighted by Crippen LogP contribution is -2.49. The molecule has 0 aliphatic carbocycles. The highest BCUT2D eigenvalue weighted by atomic mass is 32.1. The van der Waals surface area contributed by atoms with E-state index in [4.69, 9.17) is 0 Å². The van der Waals surface area contributed by atoms with Gasteiger partial charge in [-0.2, -0.15) is 0 Å². The summed E-state index contributed by atoms with van der Waals surface area (Å²) in [5.74, 6) is 0.814. The van der Waals surface area contributed by atoms with Crippen LogP contribution in [0.15, 0.2) is 4.99 Å². The molecule has 0 atom stereocenters. The summed E-state index contributed by atoms with van der Waals surface area (Å²) in [6.07, 6.45) is 0.372. The Kier molecular flexibility index (Phi) is 8.02. The Morgan fingerprint density at radius 3 is 2.64 bits per heavy atom. The van der Waals surface area contributed by atoms with Crippen molar-refractivity contribution in [3.63, 3.8) is 0 Å². The van der Waals surface area contributed by atoms with Gasteiger partial charge < -0.3 is 10.6 Å². The molecule has 0 radical (unpaired) electrons. The van der Waals surface area contributed by atoms with Crippen LogP contribution in [0.4, 0.5) is 8.78 Å². The zero-order valence-corrected chi connectivity index (χ0v) is 16.1. The molecule has 0 unspecified atom stereocenters. The van der Waals surface area contributed by atoms with Gasteiger partial charge in [-0.25, -0.2) is 13.8 Å². The number of guanidine groups is 1. The van der Waals surface area contributed by atoms with Crippen molar-refractivity contribution >= 4 is 17.3 Å². The molecule has 2 rings (SSSR count). The Bertz CT molecular complexity index is 553. The number of piperidine rings is 1. The third-order valence-corrected chi connectivity index (χ3v) is 5.41. The highest BCUT2D eigenvalue weighted by Gasteiger charge is 2.21. The van der Waals surface area contributed by atoms with Crippen LogP contribution in [0.3, 0.4) is 0 Å². The summed E-state index contributed by atoms with van der Waals surface area (Å²) in [6, 6.07) is 0.291. The normalized spacial score (nSPS) is 17.3. The van der Waals surface area contributed by atoms with Crippen LogP contribution in [0.1, 0.15) is 35.3 Å². The molecular weight excluding hydrogens is 344 g/mol. The smallest absolute Gasteiger partial charge is 0.251 e. The molecular formula is C17H29F2N5S. The fourth-order valence-corrected chi connectivity index (χ4v) is 3.97. The van der Waals surface area contributed by atoms with E-state index in [-0.39, 0.29) is 6.54 Å². The van der Waals surface area contributed by atoms with Gasteiger partial charge in [0.1, 0.15) is 0 Å². The molecule has 1 fully saturated rings. The molecule has 0 bridgehead atoms. The molecule has 1 aliphatic rings. The molecule has 1 aromatic heterocycles. The van der Waals surface area contributed by atoms with E-state index >= 15 is 0 Å². The third-order valence-electron chi connectivity index (χ3n) is 4.28. The van der Waals surface area contributed by atoms with Crippen LogP contribution >= 0.6 is 11.3 Å². The summed E-state index contributed by atoms with van der Waals surface area (Å²) in [5.41, 5.74) is 1.10. The zero-order chi connectivity index (χ0) is 18.2. The molecule has 1 aromatic rings. The highest BCUT2D eigenvalue weighted by Crippen LogP contribution is 2.17. The van der Waals surface area contributed by atoms with E-state index < -0.39 is 6.43 Å². The van der Waals surface area contributed by atoms with Crippen LogP contribution in [-0.4, -0.2) is 61.0 Å². The molecule has 1 saturated heterocycles. The second-order valence-electron chi connectivity index (χ2n) is 6.36. The summed E-state index contributed by atoms with van der Waals surface area (Å²) >= 11 is 1.73. The maximum Gasteiger partial charge on any atom is 0.251 e. The first-order valence-electron chi connectivity index (χ1n) is 8.96. The number of nitrogens with zero attached hydrogens (tertiary/aromatic N) is 3. The molecule has 2 N–H and O–H groups in total. The number of alkyl halides is 2. The van der Waals surface area contributed by atoms with Crippen LogP contribution in [0.5, 0.6) is 0 Å². The van der Waals surface area contributed by atoms with Crippen molar-refractivity contribution in [3.05, 3.63) is 15.6 Å². The number of halogens is 2. The fraction of sp³-hybridized carbons (Fsp3) is 0.765. The van der Waals surface area contributed by atoms with Crippen molar-refractivity contribution in [1.82, 2.24) is 20.5 Å². The molecule has 25 heavy (non-hydrogen) atoms. The van der Waals surface area contributed by atoms with Crippen molar-refractivity contribution in [2.45, 2.75) is 52.5 Å². The second kappa shape index (κ2) is 10.0. The number of aliphatic imine (C=N–C) groups is 1. The Hall–Kier alpha value is -1.28. The molecule has 142 valence electrons. The number of aryl methyl sites for hydroxylation is 2. The van der Waals surface area contributed by atoms with E-state index in [0.29, 0.717) is 25.7 Å². The van der Waals surface area contributed by atoms with E-state index in [2.05, 4.69) is 20.6 Å². The first-order chi connectivity index (χ1) is 12.0. The van der Waals surface area contributed by atoms with E-state index in [0.717, 1.165) is 42.5 Å². The summed E-state index contributed by atoms with van der Waals surface area (Å²) in [5, 5.41) is 7.82. The van der Waals surface area contributed by atoms with Gasteiger partial charge in [0, 0.05) is 43.5 Å². The van der Waals surface area contributed by atoms with Gasteiger partial charge in [0.25, 0.3) is 6.43 Å². The number of hydrogen-bond acceptors (Lipinski definition) is 4. The molecule has 0 aromatic carbocycles. The quantitative estimate of drug-likeness (QED) is 0.570. The fourth-order valence-electron chi connectivity index (χ4n) is 3.04. The number of rotatable bonds is 7. The number of nitrogens with one attached hydrogen (secondary N) is 2. The first kappa shape index (κ1) is 20.0. The van der Waals surface area contributed by atoms with Gasteiger partial charge in [-0.15, -0.1) is 11.3 Å². The van der Waals surface area contributed by atoms with E-state index in [9.17, 15) is 8.78 Å². The van der Waals surface area contributed by atoms with Gasteiger partial charge in [0.05, 0.1) is 17.2 Å². The number of aromatic nitrogens is 1. The lowest BCUT2D eigenvalue weighted by atomic mass is 10.1. The van der Waals surface area contributed by atoms with E-state index in [1.165, 1.54) is 4.88 Å². The molecule has 1 aliphatic heterocycles. The average Bonchev–Trinajstić information content (AvgIpc) is 2.86. The second-order valence-corrected chi connectivity index (χ2v) is 7.65. The van der Waals surface area contributed by atoms with Crippen LogP contribution in [0.25, 0.3) is 0 Å². The van der Waals surface area contributed by atoms with Crippen LogP contribution in [-0.2, 0) is 6.42 Å². The predicted molar refractivity (Wildman–Crippen MR) is 99.9 cm³/mol. The van der Waals surface area contributed by atoms with Gasteiger partial charge in [0.2, 0.25) is 0 Å². The molecule has 5 nitrogen and oxygen atoms in total. The highest BCUT2D eigenvalue weighted by molar-refractivity contribution is 7.11. The zero-order valence-electron chi connectivity index (χ0n) is 15.3. The Balaban J connectivity index is 1.81. The molecule has 0 amide bonds. The van der Waals surface area contributed by atoms with Crippen molar-refractivity contribution in [2.24, 2.45) is 4.99 Å². The Labute approximate surface area is 152 Å². The first-order valence-corrected chi connectivity index (χ1v) is 9.77. The number of likely N-dealkylation sites (tertiary alicyclic amines) is 1. The van der Waals surface area contributed by atoms with Gasteiger partial charge in [-0.3, -0.25) is 9.89 Å². The lowest BCUT2D eigenvalue weighted by Gasteiger charge is -2.32. The topological polar surface area (TPSA) is 52.6 Å². The lowest BCUT2D eigenvalue weighted by molar-refractivity contribution is 0.0744. The van der Waals surface area contributed by atoms with E-state index in [1.807, 2.05) is 25.7 Å². The monoisotopic (exact) mass is 373 g/mol. The molecule has 8 heteroatoms. The summed E-state index contributed by atoms with van der Waals surface area (Å²) in [7, 11) is 0. The molecule has 0 spiro atoms. The van der Waals surface area contributed by atoms with Gasteiger partial charge in [-0.05, 0) is 33.6 Å².